The van der Waals surface area contributed by atoms with Crippen LogP contribution in [0.3, 0.4) is 0 Å². The molecule has 0 aliphatic carbocycles. The van der Waals surface area contributed by atoms with Crippen LogP contribution in [-0.4, -0.2) is 20.9 Å². The standard InChI is InChI=1S/C11H6BrF3N2O2/c12-7-5-6(10(18)19)1-2-8(7)17-4-3-9(16-17)11(13,14)15/h1-5H,(H,18,19). The second-order valence-electron chi connectivity index (χ2n) is 3.61. The number of hydrogen-bond acceptors (Lipinski definition) is 2. The van der Waals surface area contributed by atoms with E-state index >= 15 is 0 Å². The highest BCUT2D eigenvalue weighted by atomic mass is 79.9. The van der Waals surface area contributed by atoms with Crippen LogP contribution in [0.15, 0.2) is 34.9 Å². The number of hydrogen-bond donors (Lipinski definition) is 1. The molecule has 1 aromatic heterocycles. The molecule has 0 spiro atoms. The molecule has 2 aromatic rings. The maximum absolute atomic E-state index is 12.4. The molecule has 0 amide bonds. The molecule has 0 fully saturated rings. The maximum atomic E-state index is 12.4. The van der Waals surface area contributed by atoms with Crippen LogP contribution >= 0.6 is 15.9 Å². The summed E-state index contributed by atoms with van der Waals surface area (Å²) < 4.78 is 38.6. The molecule has 4 nitrogen and oxygen atoms in total. The van der Waals surface area contributed by atoms with Gasteiger partial charge in [-0.25, -0.2) is 9.48 Å². The lowest BCUT2D eigenvalue weighted by molar-refractivity contribution is -0.141. The highest BCUT2D eigenvalue weighted by Crippen LogP contribution is 2.29. The molecule has 100 valence electrons. The smallest absolute Gasteiger partial charge is 0.435 e. The van der Waals surface area contributed by atoms with Crippen LogP contribution in [0.2, 0.25) is 0 Å². The summed E-state index contributed by atoms with van der Waals surface area (Å²) in [5.74, 6) is -1.12. The van der Waals surface area contributed by atoms with E-state index in [1.807, 2.05) is 0 Å². The topological polar surface area (TPSA) is 55.1 Å². The molecule has 0 unspecified atom stereocenters. The van der Waals surface area contributed by atoms with E-state index in [4.69, 9.17) is 5.11 Å². The van der Waals surface area contributed by atoms with Gasteiger partial charge >= 0.3 is 12.1 Å². The van der Waals surface area contributed by atoms with Crippen LogP contribution < -0.4 is 0 Å². The Morgan fingerprint density at radius 1 is 1.32 bits per heavy atom. The average Bonchev–Trinajstić information content (AvgIpc) is 2.77. The third kappa shape index (κ3) is 2.78. The SMILES string of the molecule is O=C(O)c1ccc(-n2ccc(C(F)(F)F)n2)c(Br)c1. The molecule has 1 N–H and O–H groups in total. The third-order valence-corrected chi connectivity index (χ3v) is 2.96. The molecule has 8 heteroatoms. The molecule has 2 rings (SSSR count). The van der Waals surface area contributed by atoms with Crippen molar-refractivity contribution in [2.75, 3.05) is 0 Å². The van der Waals surface area contributed by atoms with E-state index in [0.717, 1.165) is 16.9 Å². The van der Waals surface area contributed by atoms with Gasteiger partial charge in [-0.15, -0.1) is 0 Å². The highest BCUT2D eigenvalue weighted by Gasteiger charge is 2.33. The van der Waals surface area contributed by atoms with Gasteiger partial charge in [-0.05, 0) is 40.2 Å². The summed E-state index contributed by atoms with van der Waals surface area (Å²) in [6, 6.07) is 4.81. The number of nitrogens with zero attached hydrogens (tertiary/aromatic N) is 2. The summed E-state index contributed by atoms with van der Waals surface area (Å²) in [4.78, 5) is 10.7. The zero-order valence-electron chi connectivity index (χ0n) is 9.15. The number of aromatic carboxylic acids is 1. The Morgan fingerprint density at radius 2 is 2.00 bits per heavy atom. The number of benzene rings is 1. The van der Waals surface area contributed by atoms with Crippen molar-refractivity contribution in [3.05, 3.63) is 46.2 Å². The van der Waals surface area contributed by atoms with Crippen molar-refractivity contribution in [2.45, 2.75) is 6.18 Å². The maximum Gasteiger partial charge on any atom is 0.435 e. The minimum Gasteiger partial charge on any atom is -0.478 e. The van der Waals surface area contributed by atoms with Crippen molar-refractivity contribution in [1.29, 1.82) is 0 Å². The van der Waals surface area contributed by atoms with Gasteiger partial charge in [0.15, 0.2) is 5.69 Å². The summed E-state index contributed by atoms with van der Waals surface area (Å²) in [6.07, 6.45) is -3.36. The third-order valence-electron chi connectivity index (χ3n) is 2.32. The van der Waals surface area contributed by atoms with Crippen LogP contribution in [0.25, 0.3) is 5.69 Å². The molecule has 0 aliphatic rings. The van der Waals surface area contributed by atoms with Gasteiger partial charge in [-0.3, -0.25) is 0 Å². The van der Waals surface area contributed by atoms with Gasteiger partial charge in [0.2, 0.25) is 0 Å². The summed E-state index contributed by atoms with van der Waals surface area (Å²) in [5.41, 5.74) is -0.666. The van der Waals surface area contributed by atoms with E-state index < -0.39 is 17.8 Å². The lowest BCUT2D eigenvalue weighted by atomic mass is 10.2. The Bertz CT molecular complexity index is 637. The van der Waals surface area contributed by atoms with Gasteiger partial charge in [-0.1, -0.05) is 0 Å². The number of aromatic nitrogens is 2. The van der Waals surface area contributed by atoms with Crippen LogP contribution in [0, 0.1) is 0 Å². The number of rotatable bonds is 2. The zero-order valence-corrected chi connectivity index (χ0v) is 10.7. The number of halogens is 4. The van der Waals surface area contributed by atoms with E-state index in [9.17, 15) is 18.0 Å². The molecule has 1 heterocycles. The van der Waals surface area contributed by atoms with Crippen molar-refractivity contribution >= 4 is 21.9 Å². The Labute approximate surface area is 113 Å². The van der Waals surface area contributed by atoms with Crippen molar-refractivity contribution in [2.24, 2.45) is 0 Å². The van der Waals surface area contributed by atoms with Crippen molar-refractivity contribution in [1.82, 2.24) is 9.78 Å². The predicted molar refractivity (Wildman–Crippen MR) is 63.2 cm³/mol. The fraction of sp³-hybridized carbons (Fsp3) is 0.0909. The second-order valence-corrected chi connectivity index (χ2v) is 4.47. The zero-order chi connectivity index (χ0) is 14.2. The molecule has 0 radical (unpaired) electrons. The van der Waals surface area contributed by atoms with Gasteiger partial charge in [0.25, 0.3) is 0 Å². The molecule has 1 aromatic carbocycles. The minimum absolute atomic E-state index is 0.0267. The highest BCUT2D eigenvalue weighted by molar-refractivity contribution is 9.10. The van der Waals surface area contributed by atoms with Crippen LogP contribution in [-0.2, 0) is 6.18 Å². The number of carboxylic acids is 1. The molecular formula is C11H6BrF3N2O2. The van der Waals surface area contributed by atoms with Gasteiger partial charge in [0.1, 0.15) is 0 Å². The second kappa shape index (κ2) is 4.69. The summed E-state index contributed by atoms with van der Waals surface area (Å²) in [5, 5.41) is 12.2. The van der Waals surface area contributed by atoms with Crippen molar-refractivity contribution < 1.29 is 23.1 Å². The summed E-state index contributed by atoms with van der Waals surface area (Å²) in [7, 11) is 0. The Hall–Kier alpha value is -1.83. The summed E-state index contributed by atoms with van der Waals surface area (Å²) >= 11 is 3.11. The van der Waals surface area contributed by atoms with Crippen molar-refractivity contribution in [3.8, 4) is 5.69 Å². The largest absolute Gasteiger partial charge is 0.478 e. The summed E-state index contributed by atoms with van der Waals surface area (Å²) in [6.45, 7) is 0. The van der Waals surface area contributed by atoms with Crippen LogP contribution in [0.5, 0.6) is 0 Å². The lowest BCUT2D eigenvalue weighted by Crippen LogP contribution is -2.07. The van der Waals surface area contributed by atoms with Crippen molar-refractivity contribution in [3.63, 3.8) is 0 Å². The first-order valence-electron chi connectivity index (χ1n) is 4.95. The Kier molecular flexibility index (Phi) is 3.36. The molecule has 0 saturated heterocycles. The monoisotopic (exact) mass is 334 g/mol. The number of alkyl halides is 3. The first-order valence-corrected chi connectivity index (χ1v) is 5.74. The van der Waals surface area contributed by atoms with Gasteiger partial charge in [0.05, 0.1) is 11.3 Å². The van der Waals surface area contributed by atoms with Crippen LogP contribution in [0.4, 0.5) is 13.2 Å². The molecule has 0 bridgehead atoms. The van der Waals surface area contributed by atoms with Gasteiger partial charge < -0.3 is 5.11 Å². The van der Waals surface area contributed by atoms with E-state index in [0.29, 0.717) is 10.2 Å². The molecule has 19 heavy (non-hydrogen) atoms. The minimum atomic E-state index is -4.52. The molecule has 0 saturated carbocycles. The van der Waals surface area contributed by atoms with E-state index in [1.165, 1.54) is 18.2 Å². The first kappa shape index (κ1) is 13.6. The van der Waals surface area contributed by atoms with Gasteiger partial charge in [-0.2, -0.15) is 18.3 Å². The fourth-order valence-corrected chi connectivity index (χ4v) is 2.00. The predicted octanol–water partition coefficient (Wildman–Crippen LogP) is 3.35. The van der Waals surface area contributed by atoms with E-state index in [1.54, 1.807) is 0 Å². The average molecular weight is 335 g/mol. The fourth-order valence-electron chi connectivity index (χ4n) is 1.44. The molecular weight excluding hydrogens is 329 g/mol. The van der Waals surface area contributed by atoms with Crippen LogP contribution in [0.1, 0.15) is 16.1 Å². The Morgan fingerprint density at radius 3 is 2.47 bits per heavy atom. The normalized spacial score (nSPS) is 11.6. The number of carbonyl (C=O) groups is 1. The molecule has 0 aliphatic heterocycles. The first-order chi connectivity index (χ1) is 8.79. The quantitative estimate of drug-likeness (QED) is 0.916. The van der Waals surface area contributed by atoms with E-state index in [-0.39, 0.29) is 5.56 Å². The molecule has 0 atom stereocenters. The number of carboxylic acid groups (broad SMARTS) is 1. The Balaban J connectivity index is 2.43. The van der Waals surface area contributed by atoms with Gasteiger partial charge in [0, 0.05) is 10.7 Å². The van der Waals surface area contributed by atoms with E-state index in [2.05, 4.69) is 21.0 Å². The lowest BCUT2D eigenvalue weighted by Gasteiger charge is -2.06.